The normalized spacial score (nSPS) is 15.9. The van der Waals surface area contributed by atoms with E-state index in [1.807, 2.05) is 0 Å². The summed E-state index contributed by atoms with van der Waals surface area (Å²) in [7, 11) is 0. The van der Waals surface area contributed by atoms with Gasteiger partial charge in [-0.25, -0.2) is 0 Å². The number of hydrogen-bond donors (Lipinski definition) is 0. The van der Waals surface area contributed by atoms with Crippen LogP contribution in [0.1, 0.15) is 17.8 Å². The van der Waals surface area contributed by atoms with Crippen molar-refractivity contribution in [2.75, 3.05) is 0 Å². The van der Waals surface area contributed by atoms with Crippen LogP contribution in [0.5, 0.6) is 0 Å². The van der Waals surface area contributed by atoms with Crippen molar-refractivity contribution in [1.29, 1.82) is 0 Å². The minimum atomic E-state index is -0.564. The molecule has 0 spiro atoms. The molecule has 8 aromatic rings. The van der Waals surface area contributed by atoms with Crippen molar-refractivity contribution in [2.24, 2.45) is 0 Å². The number of benzene rings is 7. The van der Waals surface area contributed by atoms with Crippen LogP contribution in [-0.2, 0) is 0 Å². The fraction of sp³-hybridized carbons (Fsp3) is 0. The van der Waals surface area contributed by atoms with Gasteiger partial charge in [0.05, 0.1) is 17.8 Å². The van der Waals surface area contributed by atoms with Crippen LogP contribution < -0.4 is 0 Å². The molecule has 41 heavy (non-hydrogen) atoms. The first kappa shape index (κ1) is 13.8. The molecule has 1 nitrogen and oxygen atoms in total. The molecule has 0 radical (unpaired) electrons. The minimum absolute atomic E-state index is 0.00882. The summed E-state index contributed by atoms with van der Waals surface area (Å²) < 4.78 is 121. The van der Waals surface area contributed by atoms with Crippen molar-refractivity contribution in [1.82, 2.24) is 0 Å². The van der Waals surface area contributed by atoms with E-state index in [2.05, 4.69) is 0 Å². The van der Waals surface area contributed by atoms with Gasteiger partial charge in [0, 0.05) is 27.6 Å². The largest absolute Gasteiger partial charge is 0.455 e. The molecule has 0 fully saturated rings. The van der Waals surface area contributed by atoms with Crippen molar-refractivity contribution in [3.8, 4) is 44.7 Å². The van der Waals surface area contributed by atoms with Gasteiger partial charge in [0.1, 0.15) is 11.3 Å². The Morgan fingerprint density at radius 1 is 0.390 bits per heavy atom. The molecule has 8 rings (SSSR count). The molecular weight excluding hydrogens is 496 g/mol. The predicted octanol–water partition coefficient (Wildman–Crippen LogP) is 11.4. The van der Waals surface area contributed by atoms with E-state index in [1.54, 1.807) is 78.9 Å². The molecule has 0 atom stereocenters. The van der Waals surface area contributed by atoms with Gasteiger partial charge in [-0.05, 0) is 38.2 Å². The maximum absolute atomic E-state index is 9.38. The first-order chi connectivity index (χ1) is 25.8. The Hall–Kier alpha value is -5.40. The van der Waals surface area contributed by atoms with Gasteiger partial charge in [-0.2, -0.15) is 0 Å². The van der Waals surface area contributed by atoms with Crippen LogP contribution in [0.4, 0.5) is 0 Å². The fourth-order valence-electron chi connectivity index (χ4n) is 5.51. The zero-order valence-corrected chi connectivity index (χ0v) is 21.4. The molecule has 0 aliphatic heterocycles. The minimum Gasteiger partial charge on any atom is -0.455 e. The average molecular weight is 536 g/mol. The summed E-state index contributed by atoms with van der Waals surface area (Å²) in [6.45, 7) is 0. The molecule has 1 heteroatoms. The van der Waals surface area contributed by atoms with E-state index in [0.717, 1.165) is 0 Å². The molecule has 1 heterocycles. The summed E-state index contributed by atoms with van der Waals surface area (Å²) in [6, 6.07) is 15.9. The molecule has 1 aromatic heterocycles. The second-order valence-corrected chi connectivity index (χ2v) is 9.47. The molecule has 0 amide bonds. The lowest BCUT2D eigenvalue weighted by Crippen LogP contribution is -1.91. The molecule has 0 saturated heterocycles. The van der Waals surface area contributed by atoms with Gasteiger partial charge < -0.3 is 4.42 Å². The zero-order chi connectivity index (χ0) is 38.5. The second-order valence-electron chi connectivity index (χ2n) is 9.47. The SMILES string of the molecule is [2H]c1c([2H])c([2H])c(-c2cccc3c(-c4c5c([2H])c([2H])c([2H])c([2H])c5c(-c5ccccc5)c5c([2H])c([2H])c([2H])c([2H])c45)c(-c4ccccc4)oc23)c([2H])c1[2H]. The Morgan fingerprint density at radius 3 is 1.54 bits per heavy atom. The summed E-state index contributed by atoms with van der Waals surface area (Å²) in [5, 5.41) is 0.369. The van der Waals surface area contributed by atoms with E-state index >= 15 is 0 Å². The number of fused-ring (bicyclic) bond motifs is 3. The molecule has 7 aromatic carbocycles. The van der Waals surface area contributed by atoms with Gasteiger partial charge in [-0.1, -0.05) is 157 Å². The fourth-order valence-corrected chi connectivity index (χ4v) is 5.51. The zero-order valence-electron chi connectivity index (χ0n) is 34.4. The molecule has 0 unspecified atom stereocenters. The van der Waals surface area contributed by atoms with Crippen molar-refractivity contribution in [3.63, 3.8) is 0 Å². The lowest BCUT2D eigenvalue weighted by Gasteiger charge is -2.18. The number of hydrogen-bond acceptors (Lipinski definition) is 1. The molecular formula is C40H26O. The number of furan rings is 1. The quantitative estimate of drug-likeness (QED) is 0.204. The smallest absolute Gasteiger partial charge is 0.143 e. The predicted molar refractivity (Wildman–Crippen MR) is 173 cm³/mol. The molecule has 0 bridgehead atoms. The van der Waals surface area contributed by atoms with Crippen LogP contribution in [0.3, 0.4) is 0 Å². The summed E-state index contributed by atoms with van der Waals surface area (Å²) in [5.41, 5.74) is 1.61. The third kappa shape index (κ3) is 3.78. The third-order valence-electron chi connectivity index (χ3n) is 7.21. The summed E-state index contributed by atoms with van der Waals surface area (Å²) >= 11 is 0. The van der Waals surface area contributed by atoms with E-state index in [0.29, 0.717) is 16.5 Å². The Bertz CT molecular complexity index is 2790. The first-order valence-corrected chi connectivity index (χ1v) is 13.0. The van der Waals surface area contributed by atoms with E-state index in [-0.39, 0.29) is 60.7 Å². The second kappa shape index (κ2) is 9.66. The van der Waals surface area contributed by atoms with E-state index in [4.69, 9.17) is 16.8 Å². The monoisotopic (exact) mass is 535 g/mol. The standard InChI is InChI=1S/C40H26O/c1-4-15-27(16-5-1)30-25-14-26-35-38(39(41-40(30)35)29-19-8-3-9-20-29)37-33-23-12-10-21-31(33)36(28-17-6-2-7-18-28)32-22-11-13-24-34(32)37/h1-26H/i1D,4D,5D,10D,11D,12D,13D,15D,16D,21D,22D,23D,24D. The molecule has 0 saturated carbocycles. The maximum atomic E-state index is 9.38. The molecule has 0 N–H and O–H groups in total. The van der Waals surface area contributed by atoms with Crippen LogP contribution in [0.15, 0.2) is 162 Å². The molecule has 0 aliphatic rings. The van der Waals surface area contributed by atoms with Crippen LogP contribution in [0, 0.1) is 0 Å². The van der Waals surface area contributed by atoms with Gasteiger partial charge in [-0.3, -0.25) is 0 Å². The Morgan fingerprint density at radius 2 is 0.927 bits per heavy atom. The summed E-state index contributed by atoms with van der Waals surface area (Å²) in [6.07, 6.45) is 0. The first-order valence-electron chi connectivity index (χ1n) is 19.5. The van der Waals surface area contributed by atoms with Crippen molar-refractivity contribution >= 4 is 32.5 Å². The van der Waals surface area contributed by atoms with Gasteiger partial charge >= 0.3 is 0 Å². The lowest BCUT2D eigenvalue weighted by molar-refractivity contribution is 0.633. The van der Waals surface area contributed by atoms with E-state index in [9.17, 15) is 5.48 Å². The number of para-hydroxylation sites is 1. The molecule has 0 aliphatic carbocycles. The van der Waals surface area contributed by atoms with Gasteiger partial charge in [0.2, 0.25) is 0 Å². The van der Waals surface area contributed by atoms with E-state index < -0.39 is 78.6 Å². The van der Waals surface area contributed by atoms with E-state index in [1.165, 1.54) is 0 Å². The highest BCUT2D eigenvalue weighted by atomic mass is 16.3. The van der Waals surface area contributed by atoms with Crippen LogP contribution in [0.2, 0.25) is 0 Å². The van der Waals surface area contributed by atoms with Crippen LogP contribution in [0.25, 0.3) is 77.2 Å². The lowest BCUT2D eigenvalue weighted by atomic mass is 9.84. The van der Waals surface area contributed by atoms with Crippen molar-refractivity contribution < 1.29 is 22.2 Å². The Labute approximate surface area is 257 Å². The highest BCUT2D eigenvalue weighted by Gasteiger charge is 2.25. The van der Waals surface area contributed by atoms with Gasteiger partial charge in [0.25, 0.3) is 0 Å². The van der Waals surface area contributed by atoms with Gasteiger partial charge in [0.15, 0.2) is 0 Å². The molecule has 192 valence electrons. The highest BCUT2D eigenvalue weighted by Crippen LogP contribution is 2.50. The van der Waals surface area contributed by atoms with Gasteiger partial charge in [-0.15, -0.1) is 0 Å². The van der Waals surface area contributed by atoms with Crippen LogP contribution >= 0.6 is 0 Å². The third-order valence-corrected chi connectivity index (χ3v) is 7.21. The summed E-state index contributed by atoms with van der Waals surface area (Å²) in [5.74, 6) is 0.167. The Kier molecular flexibility index (Phi) is 3.25. The Balaban J connectivity index is 1.70. The van der Waals surface area contributed by atoms with Crippen molar-refractivity contribution in [2.45, 2.75) is 0 Å². The van der Waals surface area contributed by atoms with Crippen molar-refractivity contribution in [3.05, 3.63) is 157 Å². The topological polar surface area (TPSA) is 13.1 Å². The average Bonchev–Trinajstić information content (AvgIpc) is 3.58. The maximum Gasteiger partial charge on any atom is 0.143 e. The van der Waals surface area contributed by atoms with Crippen LogP contribution in [-0.4, -0.2) is 0 Å². The highest BCUT2D eigenvalue weighted by molar-refractivity contribution is 6.25. The summed E-state index contributed by atoms with van der Waals surface area (Å²) in [4.78, 5) is 0. The number of rotatable bonds is 4.